The van der Waals surface area contributed by atoms with Crippen molar-refractivity contribution in [1.29, 1.82) is 5.26 Å². The van der Waals surface area contributed by atoms with Gasteiger partial charge in [-0.05, 0) is 69.5 Å². The van der Waals surface area contributed by atoms with Gasteiger partial charge in [-0.25, -0.2) is 13.1 Å². The van der Waals surface area contributed by atoms with Crippen LogP contribution in [0.3, 0.4) is 0 Å². The van der Waals surface area contributed by atoms with Crippen molar-refractivity contribution < 1.29 is 13.2 Å². The Labute approximate surface area is 194 Å². The van der Waals surface area contributed by atoms with Crippen molar-refractivity contribution in [2.24, 2.45) is 5.92 Å². The summed E-state index contributed by atoms with van der Waals surface area (Å²) in [6, 6.07) is 13.1. The van der Waals surface area contributed by atoms with E-state index in [2.05, 4.69) is 14.9 Å². The second kappa shape index (κ2) is 10.5. The van der Waals surface area contributed by atoms with Gasteiger partial charge in [0.15, 0.2) is 0 Å². The number of nitrogens with zero attached hydrogens (tertiary/aromatic N) is 2. The predicted octanol–water partition coefficient (Wildman–Crippen LogP) is 3.54. The molecule has 170 valence electrons. The molecule has 0 radical (unpaired) electrons. The molecule has 1 saturated heterocycles. The zero-order valence-corrected chi connectivity index (χ0v) is 19.7. The molecule has 2 aromatic carbocycles. The number of benzene rings is 2. The molecular formula is C23H27ClN4O3S. The van der Waals surface area contributed by atoms with Gasteiger partial charge in [-0.1, -0.05) is 29.3 Å². The van der Waals surface area contributed by atoms with Crippen LogP contribution in [0.1, 0.15) is 30.9 Å². The summed E-state index contributed by atoms with van der Waals surface area (Å²) in [5, 5.41) is 12.1. The molecule has 0 aromatic heterocycles. The Morgan fingerprint density at radius 2 is 2.00 bits per heavy atom. The van der Waals surface area contributed by atoms with Gasteiger partial charge < -0.3 is 5.32 Å². The van der Waals surface area contributed by atoms with Crippen LogP contribution in [0.5, 0.6) is 0 Å². The van der Waals surface area contributed by atoms with Gasteiger partial charge in [0.25, 0.3) is 0 Å². The topological polar surface area (TPSA) is 102 Å². The highest BCUT2D eigenvalue weighted by Crippen LogP contribution is 2.22. The summed E-state index contributed by atoms with van der Waals surface area (Å²) in [4.78, 5) is 15.1. The lowest BCUT2D eigenvalue weighted by Gasteiger charge is -2.36. The Morgan fingerprint density at radius 1 is 1.28 bits per heavy atom. The van der Waals surface area contributed by atoms with E-state index >= 15 is 0 Å². The second-order valence-electron chi connectivity index (χ2n) is 8.14. The maximum atomic E-state index is 12.7. The average Bonchev–Trinajstić information content (AvgIpc) is 2.78. The molecule has 7 nitrogen and oxygen atoms in total. The van der Waals surface area contributed by atoms with E-state index < -0.39 is 10.0 Å². The largest absolute Gasteiger partial charge is 0.325 e. The van der Waals surface area contributed by atoms with Crippen molar-refractivity contribution in [1.82, 2.24) is 9.62 Å². The van der Waals surface area contributed by atoms with E-state index in [-0.39, 0.29) is 27.8 Å². The first-order chi connectivity index (χ1) is 15.2. The van der Waals surface area contributed by atoms with Gasteiger partial charge in [0.1, 0.15) is 6.07 Å². The SMILES string of the molecule is Cc1ccc(S(=O)(=O)NCC2CCCN(C(C)C(=O)Nc3ccc(C#N)c(Cl)c3)C2)cc1. The fourth-order valence-corrected chi connectivity index (χ4v) is 5.08. The number of halogens is 1. The third kappa shape index (κ3) is 6.08. The number of aryl methyl sites for hydroxylation is 1. The van der Waals surface area contributed by atoms with Crippen LogP contribution in [-0.2, 0) is 14.8 Å². The number of carbonyl (C=O) groups is 1. The quantitative estimate of drug-likeness (QED) is 0.639. The van der Waals surface area contributed by atoms with E-state index in [0.717, 1.165) is 24.9 Å². The lowest BCUT2D eigenvalue weighted by molar-refractivity contribution is -0.121. The van der Waals surface area contributed by atoms with Crippen molar-refractivity contribution in [3.63, 3.8) is 0 Å². The molecule has 0 spiro atoms. The first-order valence-corrected chi connectivity index (χ1v) is 12.4. The van der Waals surface area contributed by atoms with E-state index in [0.29, 0.717) is 24.3 Å². The van der Waals surface area contributed by atoms with E-state index in [9.17, 15) is 13.2 Å². The minimum atomic E-state index is -3.56. The summed E-state index contributed by atoms with van der Waals surface area (Å²) in [5.41, 5.74) is 1.89. The first-order valence-electron chi connectivity index (χ1n) is 10.5. The van der Waals surface area contributed by atoms with E-state index in [1.165, 1.54) is 0 Å². The molecule has 1 amide bonds. The fraction of sp³-hybridized carbons (Fsp3) is 0.391. The molecule has 2 unspecified atom stereocenters. The molecule has 9 heteroatoms. The highest BCUT2D eigenvalue weighted by Gasteiger charge is 2.28. The van der Waals surface area contributed by atoms with Crippen LogP contribution >= 0.6 is 11.6 Å². The zero-order chi connectivity index (χ0) is 23.3. The normalized spacial score (nSPS) is 18.0. The molecule has 2 atom stereocenters. The molecule has 1 heterocycles. The van der Waals surface area contributed by atoms with Crippen LogP contribution in [-0.4, -0.2) is 44.9 Å². The first kappa shape index (κ1) is 24.2. The number of amides is 1. The number of anilines is 1. The Bertz CT molecular complexity index is 1110. The van der Waals surface area contributed by atoms with Crippen molar-refractivity contribution in [2.75, 3.05) is 25.0 Å². The van der Waals surface area contributed by atoms with Crippen LogP contribution in [0.4, 0.5) is 5.69 Å². The Balaban J connectivity index is 1.56. The summed E-state index contributed by atoms with van der Waals surface area (Å²) in [5.74, 6) is -0.0600. The molecule has 2 aromatic rings. The van der Waals surface area contributed by atoms with Crippen molar-refractivity contribution in [2.45, 2.75) is 37.6 Å². The molecule has 3 rings (SSSR count). The number of likely N-dealkylation sites (tertiary alicyclic amines) is 1. The maximum Gasteiger partial charge on any atom is 0.241 e. The summed E-state index contributed by atoms with van der Waals surface area (Å²) in [7, 11) is -3.56. The Kier molecular flexibility index (Phi) is 7.91. The minimum Gasteiger partial charge on any atom is -0.325 e. The Morgan fingerprint density at radius 3 is 2.66 bits per heavy atom. The number of piperidine rings is 1. The number of rotatable bonds is 7. The van der Waals surface area contributed by atoms with Gasteiger partial charge in [-0.3, -0.25) is 9.69 Å². The minimum absolute atomic E-state index is 0.114. The number of nitriles is 1. The number of hydrogen-bond donors (Lipinski definition) is 2. The number of nitrogens with one attached hydrogen (secondary N) is 2. The number of sulfonamides is 1. The molecule has 0 saturated carbocycles. The summed E-state index contributed by atoms with van der Waals surface area (Å²) < 4.78 is 27.8. The fourth-order valence-electron chi connectivity index (χ4n) is 3.74. The van der Waals surface area contributed by atoms with E-state index in [4.69, 9.17) is 16.9 Å². The third-order valence-corrected chi connectivity index (χ3v) is 7.48. The number of hydrogen-bond acceptors (Lipinski definition) is 5. The lowest BCUT2D eigenvalue weighted by Crippen LogP contribution is -2.48. The highest BCUT2D eigenvalue weighted by atomic mass is 35.5. The molecule has 1 fully saturated rings. The second-order valence-corrected chi connectivity index (χ2v) is 10.3. The standard InChI is InChI=1S/C23H27ClN4O3S/c1-16-5-9-21(10-6-16)32(30,31)26-14-18-4-3-11-28(15-18)17(2)23(29)27-20-8-7-19(13-25)22(24)12-20/h5-10,12,17-18,26H,3-4,11,14-15H2,1-2H3,(H,27,29). The molecule has 1 aliphatic heterocycles. The van der Waals surface area contributed by atoms with Crippen molar-refractivity contribution in [3.05, 3.63) is 58.6 Å². The summed E-state index contributed by atoms with van der Waals surface area (Å²) in [6.45, 7) is 5.46. The smallest absolute Gasteiger partial charge is 0.241 e. The molecular weight excluding hydrogens is 448 g/mol. The Hall–Kier alpha value is -2.44. The molecule has 1 aliphatic rings. The van der Waals surface area contributed by atoms with E-state index in [1.54, 1.807) is 42.5 Å². The average molecular weight is 475 g/mol. The van der Waals surface area contributed by atoms with Gasteiger partial charge in [0.2, 0.25) is 15.9 Å². The summed E-state index contributed by atoms with van der Waals surface area (Å²) in [6.07, 6.45) is 1.78. The van der Waals surface area contributed by atoms with Gasteiger partial charge in [0, 0.05) is 18.8 Å². The lowest BCUT2D eigenvalue weighted by atomic mass is 9.97. The molecule has 32 heavy (non-hydrogen) atoms. The van der Waals surface area contributed by atoms with Crippen molar-refractivity contribution in [3.8, 4) is 6.07 Å². The van der Waals surface area contributed by atoms with Crippen molar-refractivity contribution >= 4 is 33.2 Å². The van der Waals surface area contributed by atoms with Crippen LogP contribution in [0.15, 0.2) is 47.4 Å². The zero-order valence-electron chi connectivity index (χ0n) is 18.1. The monoisotopic (exact) mass is 474 g/mol. The third-order valence-electron chi connectivity index (χ3n) is 5.73. The van der Waals surface area contributed by atoms with Crippen LogP contribution in [0, 0.1) is 24.2 Å². The molecule has 2 N–H and O–H groups in total. The van der Waals surface area contributed by atoms with Gasteiger partial charge >= 0.3 is 0 Å². The highest BCUT2D eigenvalue weighted by molar-refractivity contribution is 7.89. The van der Waals surface area contributed by atoms with E-state index in [1.807, 2.05) is 19.9 Å². The van der Waals surface area contributed by atoms with Crippen LogP contribution in [0.25, 0.3) is 0 Å². The number of carbonyl (C=O) groups excluding carboxylic acids is 1. The van der Waals surface area contributed by atoms with Gasteiger partial charge in [-0.2, -0.15) is 5.26 Å². The van der Waals surface area contributed by atoms with Crippen LogP contribution < -0.4 is 10.0 Å². The van der Waals surface area contributed by atoms with Gasteiger partial charge in [0.05, 0.1) is 21.5 Å². The van der Waals surface area contributed by atoms with Gasteiger partial charge in [-0.15, -0.1) is 0 Å². The van der Waals surface area contributed by atoms with Crippen LogP contribution in [0.2, 0.25) is 5.02 Å². The predicted molar refractivity (Wildman–Crippen MR) is 125 cm³/mol. The molecule has 0 aliphatic carbocycles. The maximum absolute atomic E-state index is 12.7. The summed E-state index contributed by atoms with van der Waals surface area (Å²) >= 11 is 6.04. The molecule has 0 bridgehead atoms.